The second-order valence-electron chi connectivity index (χ2n) is 6.72. The van der Waals surface area contributed by atoms with Crippen LogP contribution in [0.15, 0.2) is 30.5 Å². The van der Waals surface area contributed by atoms with Crippen molar-refractivity contribution >= 4 is 19.2 Å². The van der Waals surface area contributed by atoms with Gasteiger partial charge in [0.1, 0.15) is 0 Å². The van der Waals surface area contributed by atoms with Crippen LogP contribution in [0.3, 0.4) is 0 Å². The third kappa shape index (κ3) is 3.10. The van der Waals surface area contributed by atoms with E-state index in [2.05, 4.69) is 69.3 Å². The number of para-hydroxylation sites is 1. The highest BCUT2D eigenvalue weighted by Gasteiger charge is 2.36. The molecule has 0 spiro atoms. The SMILES string of the molecule is CC(C)(C)[Si](C)(C)OCCc1c[nH]c2ccccc12. The predicted octanol–water partition coefficient (Wildman–Crippen LogP) is 4.73. The Kier molecular flexibility index (Phi) is 3.88. The number of benzene rings is 1. The smallest absolute Gasteiger partial charge is 0.191 e. The van der Waals surface area contributed by atoms with Gasteiger partial charge in [0.25, 0.3) is 0 Å². The van der Waals surface area contributed by atoms with Crippen molar-refractivity contribution in [1.82, 2.24) is 4.98 Å². The maximum atomic E-state index is 6.24. The third-order valence-corrected chi connectivity index (χ3v) is 8.85. The summed E-state index contributed by atoms with van der Waals surface area (Å²) in [6.45, 7) is 12.3. The van der Waals surface area contributed by atoms with Crippen LogP contribution >= 0.6 is 0 Å². The van der Waals surface area contributed by atoms with Crippen molar-refractivity contribution in [2.24, 2.45) is 0 Å². The van der Waals surface area contributed by atoms with Crippen molar-refractivity contribution in [2.75, 3.05) is 6.61 Å². The van der Waals surface area contributed by atoms with Gasteiger partial charge in [0.2, 0.25) is 0 Å². The van der Waals surface area contributed by atoms with E-state index in [1.807, 2.05) is 0 Å². The summed E-state index contributed by atoms with van der Waals surface area (Å²) in [5.74, 6) is 0. The first-order valence-electron chi connectivity index (χ1n) is 7.00. The van der Waals surface area contributed by atoms with Crippen LogP contribution in [-0.4, -0.2) is 19.9 Å². The number of aromatic amines is 1. The van der Waals surface area contributed by atoms with E-state index in [9.17, 15) is 0 Å². The van der Waals surface area contributed by atoms with E-state index in [1.165, 1.54) is 16.5 Å². The predicted molar refractivity (Wildman–Crippen MR) is 85.2 cm³/mol. The molecule has 0 bridgehead atoms. The van der Waals surface area contributed by atoms with Gasteiger partial charge in [0, 0.05) is 23.7 Å². The summed E-state index contributed by atoms with van der Waals surface area (Å²) in [5, 5.41) is 1.61. The normalized spacial score (nSPS) is 13.1. The molecule has 19 heavy (non-hydrogen) atoms. The van der Waals surface area contributed by atoms with Gasteiger partial charge in [0.15, 0.2) is 8.32 Å². The third-order valence-electron chi connectivity index (χ3n) is 4.32. The minimum absolute atomic E-state index is 0.285. The highest BCUT2D eigenvalue weighted by Crippen LogP contribution is 2.36. The molecule has 1 aromatic carbocycles. The largest absolute Gasteiger partial charge is 0.416 e. The summed E-state index contributed by atoms with van der Waals surface area (Å²) >= 11 is 0. The lowest BCUT2D eigenvalue weighted by molar-refractivity contribution is 0.292. The van der Waals surface area contributed by atoms with Crippen LogP contribution in [0.25, 0.3) is 10.9 Å². The molecule has 0 saturated heterocycles. The van der Waals surface area contributed by atoms with Crippen molar-refractivity contribution in [1.29, 1.82) is 0 Å². The summed E-state index contributed by atoms with van der Waals surface area (Å²) in [5.41, 5.74) is 2.57. The Labute approximate surface area is 117 Å². The molecule has 0 aliphatic carbocycles. The zero-order valence-electron chi connectivity index (χ0n) is 12.7. The zero-order chi connectivity index (χ0) is 14.1. The van der Waals surface area contributed by atoms with Gasteiger partial charge in [-0.25, -0.2) is 0 Å². The molecule has 0 aliphatic rings. The number of aromatic nitrogens is 1. The van der Waals surface area contributed by atoms with Crippen molar-refractivity contribution in [3.63, 3.8) is 0 Å². The van der Waals surface area contributed by atoms with Crippen LogP contribution in [0.5, 0.6) is 0 Å². The summed E-state index contributed by atoms with van der Waals surface area (Å²) in [7, 11) is -1.62. The van der Waals surface area contributed by atoms with Crippen LogP contribution < -0.4 is 0 Å². The molecule has 3 heteroatoms. The molecule has 0 fully saturated rings. The Morgan fingerprint density at radius 3 is 2.53 bits per heavy atom. The van der Waals surface area contributed by atoms with Gasteiger partial charge in [-0.15, -0.1) is 0 Å². The van der Waals surface area contributed by atoms with Gasteiger partial charge in [-0.2, -0.15) is 0 Å². The summed E-state index contributed by atoms with van der Waals surface area (Å²) in [6, 6.07) is 8.45. The van der Waals surface area contributed by atoms with Gasteiger partial charge in [-0.3, -0.25) is 0 Å². The topological polar surface area (TPSA) is 25.0 Å². The van der Waals surface area contributed by atoms with E-state index in [0.29, 0.717) is 0 Å². The fourth-order valence-electron chi connectivity index (χ4n) is 1.97. The Morgan fingerprint density at radius 1 is 1.16 bits per heavy atom. The van der Waals surface area contributed by atoms with E-state index < -0.39 is 8.32 Å². The Hall–Kier alpha value is -1.06. The van der Waals surface area contributed by atoms with Gasteiger partial charge < -0.3 is 9.41 Å². The molecule has 0 unspecified atom stereocenters. The fourth-order valence-corrected chi connectivity index (χ4v) is 3.02. The van der Waals surface area contributed by atoms with Gasteiger partial charge in [0.05, 0.1) is 0 Å². The number of hydrogen-bond donors (Lipinski definition) is 1. The molecule has 2 nitrogen and oxygen atoms in total. The van der Waals surface area contributed by atoms with Crippen LogP contribution in [-0.2, 0) is 10.8 Å². The summed E-state index contributed by atoms with van der Waals surface area (Å²) in [4.78, 5) is 3.32. The first-order chi connectivity index (χ1) is 8.81. The average molecular weight is 275 g/mol. The van der Waals surface area contributed by atoms with E-state index in [0.717, 1.165) is 13.0 Å². The molecule has 0 atom stereocenters. The van der Waals surface area contributed by atoms with Gasteiger partial charge in [-0.1, -0.05) is 39.0 Å². The minimum atomic E-state index is -1.62. The molecule has 0 aliphatic heterocycles. The zero-order valence-corrected chi connectivity index (χ0v) is 13.7. The van der Waals surface area contributed by atoms with Crippen molar-refractivity contribution in [3.05, 3.63) is 36.0 Å². The van der Waals surface area contributed by atoms with Crippen LogP contribution in [0, 0.1) is 0 Å². The molecule has 1 N–H and O–H groups in total. The van der Waals surface area contributed by atoms with Crippen molar-refractivity contribution < 1.29 is 4.43 Å². The molecule has 2 rings (SSSR count). The summed E-state index contributed by atoms with van der Waals surface area (Å²) in [6.07, 6.45) is 3.09. The molecular weight excluding hydrogens is 250 g/mol. The first-order valence-corrected chi connectivity index (χ1v) is 9.91. The van der Waals surface area contributed by atoms with Gasteiger partial charge in [-0.05, 0) is 36.2 Å². The van der Waals surface area contributed by atoms with Crippen LogP contribution in [0.2, 0.25) is 18.1 Å². The lowest BCUT2D eigenvalue weighted by Gasteiger charge is -2.36. The van der Waals surface area contributed by atoms with E-state index >= 15 is 0 Å². The maximum absolute atomic E-state index is 6.24. The monoisotopic (exact) mass is 275 g/mol. The average Bonchev–Trinajstić information content (AvgIpc) is 2.71. The number of H-pyrrole nitrogens is 1. The molecular formula is C16H25NOSi. The number of fused-ring (bicyclic) bond motifs is 1. The Balaban J connectivity index is 2.00. The highest BCUT2D eigenvalue weighted by atomic mass is 28.4. The fraction of sp³-hybridized carbons (Fsp3) is 0.500. The van der Waals surface area contributed by atoms with E-state index in [1.54, 1.807) is 0 Å². The second kappa shape index (κ2) is 5.14. The molecule has 1 heterocycles. The quantitative estimate of drug-likeness (QED) is 0.802. The van der Waals surface area contributed by atoms with Crippen molar-refractivity contribution in [2.45, 2.75) is 45.3 Å². The maximum Gasteiger partial charge on any atom is 0.191 e. The molecule has 0 saturated carbocycles. The second-order valence-corrected chi connectivity index (χ2v) is 11.5. The lowest BCUT2D eigenvalue weighted by Crippen LogP contribution is -2.41. The number of nitrogens with one attached hydrogen (secondary N) is 1. The Morgan fingerprint density at radius 2 is 1.84 bits per heavy atom. The Bertz CT molecular complexity index is 551. The molecule has 0 radical (unpaired) electrons. The number of hydrogen-bond acceptors (Lipinski definition) is 1. The van der Waals surface area contributed by atoms with Crippen LogP contribution in [0.1, 0.15) is 26.3 Å². The standard InChI is InChI=1S/C16H25NOSi/c1-16(2,3)19(4,5)18-11-10-13-12-17-15-9-7-6-8-14(13)15/h6-9,12,17H,10-11H2,1-5H3. The van der Waals surface area contributed by atoms with E-state index in [4.69, 9.17) is 4.43 Å². The van der Waals surface area contributed by atoms with Crippen molar-refractivity contribution in [3.8, 4) is 0 Å². The summed E-state index contributed by atoms with van der Waals surface area (Å²) < 4.78 is 6.24. The molecule has 0 amide bonds. The van der Waals surface area contributed by atoms with E-state index in [-0.39, 0.29) is 5.04 Å². The first kappa shape index (κ1) is 14.3. The molecule has 1 aromatic heterocycles. The van der Waals surface area contributed by atoms with Gasteiger partial charge >= 0.3 is 0 Å². The van der Waals surface area contributed by atoms with Crippen LogP contribution in [0.4, 0.5) is 0 Å². The minimum Gasteiger partial charge on any atom is -0.416 e. The molecule has 2 aromatic rings. The lowest BCUT2D eigenvalue weighted by atomic mass is 10.1. The number of rotatable bonds is 4. The highest BCUT2D eigenvalue weighted by molar-refractivity contribution is 6.74. The molecule has 104 valence electrons.